The maximum Gasteiger partial charge on any atom is 0.391 e. The van der Waals surface area contributed by atoms with Gasteiger partial charge in [-0.2, -0.15) is 17.5 Å². The van der Waals surface area contributed by atoms with Crippen LogP contribution in [0, 0.1) is 12.8 Å². The predicted molar refractivity (Wildman–Crippen MR) is 97.9 cm³/mol. The van der Waals surface area contributed by atoms with Crippen LogP contribution < -0.4 is 0 Å². The van der Waals surface area contributed by atoms with Gasteiger partial charge in [-0.05, 0) is 76.4 Å². The molecule has 2 saturated heterocycles. The summed E-state index contributed by atoms with van der Waals surface area (Å²) in [6, 6.07) is 6.85. The number of likely N-dealkylation sites (tertiary alicyclic amines) is 1. The van der Waals surface area contributed by atoms with Crippen molar-refractivity contribution in [2.75, 3.05) is 26.2 Å². The van der Waals surface area contributed by atoms with E-state index in [1.807, 2.05) is 17.9 Å². The summed E-state index contributed by atoms with van der Waals surface area (Å²) >= 11 is 0. The van der Waals surface area contributed by atoms with Gasteiger partial charge in [0.1, 0.15) is 0 Å². The average Bonchev–Trinajstić information content (AvgIpc) is 3.09. The van der Waals surface area contributed by atoms with Crippen LogP contribution in [0.2, 0.25) is 0 Å². The molecular formula is C19H27F3N2O2S. The Bertz CT molecular complexity index is 744. The zero-order valence-corrected chi connectivity index (χ0v) is 16.4. The Morgan fingerprint density at radius 2 is 1.81 bits per heavy atom. The Balaban J connectivity index is 1.58. The number of halogens is 3. The molecule has 0 unspecified atom stereocenters. The van der Waals surface area contributed by atoms with E-state index >= 15 is 0 Å². The molecule has 1 atom stereocenters. The Kier molecular flexibility index (Phi) is 6.17. The normalized spacial score (nSPS) is 23.8. The quantitative estimate of drug-likeness (QED) is 0.749. The standard InChI is InChI=1S/C19H27F3N2O2S/c1-15-4-2-6-18(14-15)27(25,26)24-10-3-5-17(24)9-13-23-11-7-16(8-12-23)19(20,21)22/h2,4,6,14,16-17H,3,5,7-13H2,1H3/t17-/m1/s1. The van der Waals surface area contributed by atoms with Gasteiger partial charge in [0.15, 0.2) is 0 Å². The SMILES string of the molecule is Cc1cccc(S(=O)(=O)N2CCC[C@@H]2CCN2CCC(C(F)(F)F)CC2)c1. The fraction of sp³-hybridized carbons (Fsp3) is 0.684. The van der Waals surface area contributed by atoms with Gasteiger partial charge in [0.25, 0.3) is 0 Å². The fourth-order valence-electron chi connectivity index (χ4n) is 4.14. The second-order valence-electron chi connectivity index (χ2n) is 7.67. The van der Waals surface area contributed by atoms with Crippen LogP contribution >= 0.6 is 0 Å². The average molecular weight is 404 g/mol. The molecule has 2 aliphatic rings. The van der Waals surface area contributed by atoms with E-state index in [0.29, 0.717) is 37.5 Å². The summed E-state index contributed by atoms with van der Waals surface area (Å²) in [6.07, 6.45) is -1.52. The number of alkyl halides is 3. The van der Waals surface area contributed by atoms with Gasteiger partial charge in [-0.25, -0.2) is 8.42 Å². The Morgan fingerprint density at radius 1 is 1.11 bits per heavy atom. The summed E-state index contributed by atoms with van der Waals surface area (Å²) < 4.78 is 65.9. The Labute approximate surface area is 159 Å². The molecule has 0 amide bonds. The molecule has 0 bridgehead atoms. The van der Waals surface area contributed by atoms with Gasteiger partial charge < -0.3 is 4.90 Å². The van der Waals surface area contributed by atoms with Crippen molar-refractivity contribution in [3.63, 3.8) is 0 Å². The molecule has 1 aromatic rings. The van der Waals surface area contributed by atoms with Crippen LogP contribution in [0.15, 0.2) is 29.2 Å². The summed E-state index contributed by atoms with van der Waals surface area (Å²) in [4.78, 5) is 2.36. The number of benzene rings is 1. The number of nitrogens with zero attached hydrogens (tertiary/aromatic N) is 2. The van der Waals surface area contributed by atoms with Crippen LogP contribution in [0.1, 0.15) is 37.7 Å². The maximum absolute atomic E-state index is 13.0. The molecule has 8 heteroatoms. The van der Waals surface area contributed by atoms with E-state index in [1.165, 1.54) is 0 Å². The monoisotopic (exact) mass is 404 g/mol. The first-order valence-electron chi connectivity index (χ1n) is 9.55. The minimum atomic E-state index is -4.10. The summed E-state index contributed by atoms with van der Waals surface area (Å²) in [5, 5.41) is 0. The van der Waals surface area contributed by atoms with Gasteiger partial charge in [-0.3, -0.25) is 0 Å². The van der Waals surface area contributed by atoms with Crippen LogP contribution in [0.3, 0.4) is 0 Å². The third-order valence-electron chi connectivity index (χ3n) is 5.75. The highest BCUT2D eigenvalue weighted by Crippen LogP contribution is 2.34. The number of sulfonamides is 1. The molecule has 27 heavy (non-hydrogen) atoms. The van der Waals surface area contributed by atoms with Crippen molar-refractivity contribution in [1.82, 2.24) is 9.21 Å². The fourth-order valence-corrected chi connectivity index (χ4v) is 5.97. The molecule has 0 aromatic heterocycles. The predicted octanol–water partition coefficient (Wildman–Crippen LogP) is 3.81. The van der Waals surface area contributed by atoms with Crippen LogP contribution in [0.25, 0.3) is 0 Å². The lowest BCUT2D eigenvalue weighted by Crippen LogP contribution is -2.42. The Hall–Kier alpha value is -1.12. The zero-order chi connectivity index (χ0) is 19.7. The lowest BCUT2D eigenvalue weighted by Gasteiger charge is -2.34. The molecule has 3 rings (SSSR count). The van der Waals surface area contributed by atoms with E-state index in [4.69, 9.17) is 0 Å². The second kappa shape index (κ2) is 8.09. The topological polar surface area (TPSA) is 40.6 Å². The summed E-state index contributed by atoms with van der Waals surface area (Å²) in [5.41, 5.74) is 0.902. The van der Waals surface area contributed by atoms with Crippen LogP contribution in [0.5, 0.6) is 0 Å². The molecule has 4 nitrogen and oxygen atoms in total. The number of hydrogen-bond donors (Lipinski definition) is 0. The van der Waals surface area contributed by atoms with Crippen molar-refractivity contribution in [2.24, 2.45) is 5.92 Å². The number of aryl methyl sites for hydroxylation is 1. The van der Waals surface area contributed by atoms with Gasteiger partial charge in [0.05, 0.1) is 10.8 Å². The van der Waals surface area contributed by atoms with Gasteiger partial charge in [-0.15, -0.1) is 0 Å². The van der Waals surface area contributed by atoms with Crippen LogP contribution in [-0.4, -0.2) is 56.0 Å². The first-order valence-corrected chi connectivity index (χ1v) is 11.0. The molecule has 0 saturated carbocycles. The molecule has 1 aromatic carbocycles. The molecule has 2 heterocycles. The second-order valence-corrected chi connectivity index (χ2v) is 9.57. The molecule has 2 aliphatic heterocycles. The summed E-state index contributed by atoms with van der Waals surface area (Å²) in [6.45, 7) is 3.89. The molecule has 0 radical (unpaired) electrons. The van der Waals surface area contributed by atoms with Crippen LogP contribution in [-0.2, 0) is 10.0 Å². The van der Waals surface area contributed by atoms with Gasteiger partial charge in [0, 0.05) is 12.6 Å². The third-order valence-corrected chi connectivity index (χ3v) is 7.70. The van der Waals surface area contributed by atoms with Gasteiger partial charge >= 0.3 is 6.18 Å². The molecular weight excluding hydrogens is 377 g/mol. The van der Waals surface area contributed by atoms with E-state index < -0.39 is 22.1 Å². The van der Waals surface area contributed by atoms with Crippen molar-refractivity contribution in [3.8, 4) is 0 Å². The summed E-state index contributed by atoms with van der Waals surface area (Å²) in [5.74, 6) is -1.20. The highest BCUT2D eigenvalue weighted by Gasteiger charge is 2.41. The minimum Gasteiger partial charge on any atom is -0.303 e. The van der Waals surface area contributed by atoms with Crippen LogP contribution in [0.4, 0.5) is 13.2 Å². The molecule has 0 aliphatic carbocycles. The smallest absolute Gasteiger partial charge is 0.303 e. The highest BCUT2D eigenvalue weighted by molar-refractivity contribution is 7.89. The first-order chi connectivity index (χ1) is 12.7. The van der Waals surface area contributed by atoms with Gasteiger partial charge in [-0.1, -0.05) is 12.1 Å². The molecule has 0 spiro atoms. The minimum absolute atomic E-state index is 0.0733. The van der Waals surface area contributed by atoms with E-state index in [9.17, 15) is 21.6 Å². The van der Waals surface area contributed by atoms with Crippen molar-refractivity contribution in [2.45, 2.75) is 56.1 Å². The van der Waals surface area contributed by atoms with E-state index in [0.717, 1.165) is 18.4 Å². The van der Waals surface area contributed by atoms with Crippen molar-refractivity contribution in [1.29, 1.82) is 0 Å². The lowest BCUT2D eigenvalue weighted by molar-refractivity contribution is -0.185. The van der Waals surface area contributed by atoms with Crippen molar-refractivity contribution >= 4 is 10.0 Å². The largest absolute Gasteiger partial charge is 0.391 e. The first kappa shape index (κ1) is 20.6. The van der Waals surface area contributed by atoms with Crippen molar-refractivity contribution < 1.29 is 21.6 Å². The number of piperidine rings is 1. The maximum atomic E-state index is 13.0. The molecule has 0 N–H and O–H groups in total. The zero-order valence-electron chi connectivity index (χ0n) is 15.6. The van der Waals surface area contributed by atoms with E-state index in [2.05, 4.69) is 0 Å². The molecule has 152 valence electrons. The van der Waals surface area contributed by atoms with Crippen molar-refractivity contribution in [3.05, 3.63) is 29.8 Å². The van der Waals surface area contributed by atoms with E-state index in [1.54, 1.807) is 22.5 Å². The third kappa shape index (κ3) is 4.84. The molecule has 2 fully saturated rings. The van der Waals surface area contributed by atoms with E-state index in [-0.39, 0.29) is 18.9 Å². The highest BCUT2D eigenvalue weighted by atomic mass is 32.2. The summed E-state index contributed by atoms with van der Waals surface area (Å²) in [7, 11) is -3.53. The number of hydrogen-bond acceptors (Lipinski definition) is 3. The van der Waals surface area contributed by atoms with Gasteiger partial charge in [0.2, 0.25) is 10.0 Å². The number of rotatable bonds is 5. The Morgan fingerprint density at radius 3 is 2.44 bits per heavy atom. The lowest BCUT2D eigenvalue weighted by atomic mass is 9.96.